The van der Waals surface area contributed by atoms with E-state index in [1.165, 1.54) is 16.7 Å². The standard InChI is InChI=1S/C18H21NO/c1-18(2)17(13-8-6-9-15(11-13)20-3)16-10-5-4-7-14(16)12-19-18/h4-11,17,19H,12H2,1-3H3/t17-/m1/s1. The molecule has 2 aromatic rings. The Bertz CT molecular complexity index is 618. The van der Waals surface area contributed by atoms with E-state index in [0.29, 0.717) is 5.92 Å². The van der Waals surface area contributed by atoms with Gasteiger partial charge >= 0.3 is 0 Å². The van der Waals surface area contributed by atoms with Crippen molar-refractivity contribution in [3.05, 3.63) is 65.2 Å². The molecule has 2 nitrogen and oxygen atoms in total. The summed E-state index contributed by atoms with van der Waals surface area (Å²) in [5, 5.41) is 3.66. The Hall–Kier alpha value is -1.80. The maximum atomic E-state index is 5.38. The normalized spacial score (nSPS) is 20.2. The van der Waals surface area contributed by atoms with E-state index in [1.807, 2.05) is 6.07 Å². The fourth-order valence-corrected chi connectivity index (χ4v) is 3.21. The van der Waals surface area contributed by atoms with Crippen molar-refractivity contribution in [2.45, 2.75) is 31.8 Å². The lowest BCUT2D eigenvalue weighted by molar-refractivity contribution is 0.322. The van der Waals surface area contributed by atoms with Crippen LogP contribution >= 0.6 is 0 Å². The van der Waals surface area contributed by atoms with Crippen LogP contribution in [-0.2, 0) is 6.54 Å². The summed E-state index contributed by atoms with van der Waals surface area (Å²) in [4.78, 5) is 0. The van der Waals surface area contributed by atoms with E-state index >= 15 is 0 Å². The molecule has 0 saturated heterocycles. The topological polar surface area (TPSA) is 21.3 Å². The van der Waals surface area contributed by atoms with Crippen molar-refractivity contribution in [3.63, 3.8) is 0 Å². The van der Waals surface area contributed by atoms with Crippen LogP contribution in [0, 0.1) is 0 Å². The number of methoxy groups -OCH3 is 1. The molecule has 1 aliphatic rings. The Morgan fingerprint density at radius 1 is 1.10 bits per heavy atom. The molecule has 1 atom stereocenters. The summed E-state index contributed by atoms with van der Waals surface area (Å²) in [6, 6.07) is 17.1. The third kappa shape index (κ3) is 2.20. The second kappa shape index (κ2) is 4.95. The summed E-state index contributed by atoms with van der Waals surface area (Å²) in [7, 11) is 1.72. The van der Waals surface area contributed by atoms with Gasteiger partial charge < -0.3 is 10.1 Å². The van der Waals surface area contributed by atoms with Crippen LogP contribution in [-0.4, -0.2) is 12.6 Å². The first kappa shape index (κ1) is 13.2. The molecule has 1 aliphatic heterocycles. The van der Waals surface area contributed by atoms with Crippen molar-refractivity contribution in [3.8, 4) is 5.75 Å². The fraction of sp³-hybridized carbons (Fsp3) is 0.333. The molecule has 0 radical (unpaired) electrons. The molecule has 0 fully saturated rings. The van der Waals surface area contributed by atoms with E-state index in [4.69, 9.17) is 4.74 Å². The molecule has 104 valence electrons. The quantitative estimate of drug-likeness (QED) is 0.895. The van der Waals surface area contributed by atoms with Gasteiger partial charge in [0.1, 0.15) is 5.75 Å². The molecule has 1 heterocycles. The van der Waals surface area contributed by atoms with E-state index < -0.39 is 0 Å². The summed E-state index contributed by atoms with van der Waals surface area (Å²) in [6.45, 7) is 5.48. The summed E-state index contributed by atoms with van der Waals surface area (Å²) >= 11 is 0. The largest absolute Gasteiger partial charge is 0.497 e. The molecular weight excluding hydrogens is 246 g/mol. The van der Waals surface area contributed by atoms with E-state index in [9.17, 15) is 0 Å². The highest BCUT2D eigenvalue weighted by Gasteiger charge is 2.36. The van der Waals surface area contributed by atoms with Crippen LogP contribution in [0.25, 0.3) is 0 Å². The lowest BCUT2D eigenvalue weighted by atomic mass is 9.73. The van der Waals surface area contributed by atoms with Crippen LogP contribution < -0.4 is 10.1 Å². The summed E-state index contributed by atoms with van der Waals surface area (Å²) < 4.78 is 5.38. The molecular formula is C18H21NO. The van der Waals surface area contributed by atoms with Crippen molar-refractivity contribution >= 4 is 0 Å². The molecule has 0 unspecified atom stereocenters. The van der Waals surface area contributed by atoms with Gasteiger partial charge in [-0.05, 0) is 42.7 Å². The average molecular weight is 267 g/mol. The van der Waals surface area contributed by atoms with Gasteiger partial charge in [0.05, 0.1) is 7.11 Å². The van der Waals surface area contributed by atoms with Gasteiger partial charge in [0.25, 0.3) is 0 Å². The second-order valence-electron chi connectivity index (χ2n) is 5.98. The summed E-state index contributed by atoms with van der Waals surface area (Å²) in [6.07, 6.45) is 0. The maximum Gasteiger partial charge on any atom is 0.119 e. The van der Waals surface area contributed by atoms with E-state index in [2.05, 4.69) is 61.6 Å². The predicted molar refractivity (Wildman–Crippen MR) is 82.2 cm³/mol. The predicted octanol–water partition coefficient (Wildman–Crippen LogP) is 3.71. The highest BCUT2D eigenvalue weighted by Crippen LogP contribution is 2.40. The Kier molecular flexibility index (Phi) is 3.27. The monoisotopic (exact) mass is 267 g/mol. The van der Waals surface area contributed by atoms with E-state index in [1.54, 1.807) is 7.11 Å². The van der Waals surface area contributed by atoms with E-state index in [-0.39, 0.29) is 5.54 Å². The van der Waals surface area contributed by atoms with Crippen molar-refractivity contribution < 1.29 is 4.74 Å². The van der Waals surface area contributed by atoms with Crippen LogP contribution in [0.4, 0.5) is 0 Å². The molecule has 3 rings (SSSR count). The number of hydrogen-bond acceptors (Lipinski definition) is 2. The zero-order chi connectivity index (χ0) is 14.2. The zero-order valence-corrected chi connectivity index (χ0v) is 12.3. The molecule has 2 heteroatoms. The van der Waals surface area contributed by atoms with Gasteiger partial charge in [0.15, 0.2) is 0 Å². The zero-order valence-electron chi connectivity index (χ0n) is 12.3. The first-order valence-corrected chi connectivity index (χ1v) is 7.08. The molecule has 2 aromatic carbocycles. The van der Waals surface area contributed by atoms with Gasteiger partial charge in [-0.2, -0.15) is 0 Å². The van der Waals surface area contributed by atoms with Crippen LogP contribution in [0.1, 0.15) is 36.5 Å². The lowest BCUT2D eigenvalue weighted by Gasteiger charge is -2.41. The van der Waals surface area contributed by atoms with Crippen LogP contribution in [0.2, 0.25) is 0 Å². The van der Waals surface area contributed by atoms with Crippen LogP contribution in [0.15, 0.2) is 48.5 Å². The SMILES string of the molecule is COc1cccc([C@@H]2c3ccccc3CNC2(C)C)c1. The first-order chi connectivity index (χ1) is 9.62. The lowest BCUT2D eigenvalue weighted by Crippen LogP contribution is -2.48. The third-order valence-corrected chi connectivity index (χ3v) is 4.25. The van der Waals surface area contributed by atoms with Crippen LogP contribution in [0.3, 0.4) is 0 Å². The Morgan fingerprint density at radius 3 is 2.70 bits per heavy atom. The number of nitrogens with one attached hydrogen (secondary N) is 1. The minimum atomic E-state index is 0.0285. The van der Waals surface area contributed by atoms with Gasteiger partial charge in [0.2, 0.25) is 0 Å². The smallest absolute Gasteiger partial charge is 0.119 e. The number of fused-ring (bicyclic) bond motifs is 1. The molecule has 0 saturated carbocycles. The maximum absolute atomic E-state index is 5.38. The summed E-state index contributed by atoms with van der Waals surface area (Å²) in [5.41, 5.74) is 4.14. The molecule has 0 amide bonds. The third-order valence-electron chi connectivity index (χ3n) is 4.25. The van der Waals surface area contributed by atoms with Crippen LogP contribution in [0.5, 0.6) is 5.75 Å². The minimum Gasteiger partial charge on any atom is -0.497 e. The highest BCUT2D eigenvalue weighted by molar-refractivity contribution is 5.45. The van der Waals surface area contributed by atoms with Gasteiger partial charge in [-0.1, -0.05) is 36.4 Å². The van der Waals surface area contributed by atoms with Crippen molar-refractivity contribution in [2.75, 3.05) is 7.11 Å². The second-order valence-corrected chi connectivity index (χ2v) is 5.98. The Labute approximate surface area is 120 Å². The van der Waals surface area contributed by atoms with E-state index in [0.717, 1.165) is 12.3 Å². The average Bonchev–Trinajstić information content (AvgIpc) is 2.46. The molecule has 20 heavy (non-hydrogen) atoms. The van der Waals surface area contributed by atoms with Gasteiger partial charge in [-0.3, -0.25) is 0 Å². The van der Waals surface area contributed by atoms with Gasteiger partial charge in [-0.25, -0.2) is 0 Å². The molecule has 0 bridgehead atoms. The molecule has 0 aliphatic carbocycles. The van der Waals surface area contributed by atoms with Gasteiger partial charge in [0, 0.05) is 18.0 Å². The highest BCUT2D eigenvalue weighted by atomic mass is 16.5. The van der Waals surface area contributed by atoms with Crippen molar-refractivity contribution in [2.24, 2.45) is 0 Å². The van der Waals surface area contributed by atoms with Crippen molar-refractivity contribution in [1.82, 2.24) is 5.32 Å². The number of benzene rings is 2. The molecule has 1 N–H and O–H groups in total. The minimum absolute atomic E-state index is 0.0285. The first-order valence-electron chi connectivity index (χ1n) is 7.08. The van der Waals surface area contributed by atoms with Gasteiger partial charge in [-0.15, -0.1) is 0 Å². The number of hydrogen-bond donors (Lipinski definition) is 1. The number of rotatable bonds is 2. The molecule has 0 spiro atoms. The van der Waals surface area contributed by atoms with Crippen molar-refractivity contribution in [1.29, 1.82) is 0 Å². The summed E-state index contributed by atoms with van der Waals surface area (Å²) in [5.74, 6) is 1.25. The molecule has 0 aromatic heterocycles. The Balaban J connectivity index is 2.13. The fourth-order valence-electron chi connectivity index (χ4n) is 3.21. The Morgan fingerprint density at radius 2 is 1.90 bits per heavy atom. The number of ether oxygens (including phenoxy) is 1.